The zero-order valence-corrected chi connectivity index (χ0v) is 11.3. The van der Waals surface area contributed by atoms with Gasteiger partial charge in [0.25, 0.3) is 0 Å². The third-order valence-electron chi connectivity index (χ3n) is 3.33. The van der Waals surface area contributed by atoms with Crippen LogP contribution in [0.15, 0.2) is 30.3 Å². The van der Waals surface area contributed by atoms with E-state index in [4.69, 9.17) is 0 Å². The predicted octanol–water partition coefficient (Wildman–Crippen LogP) is 4.10. The van der Waals surface area contributed by atoms with Crippen LogP contribution in [-0.4, -0.2) is 41.9 Å². The number of epoxide rings is 1. The van der Waals surface area contributed by atoms with Crippen LogP contribution >= 0.6 is 0 Å². The Balaban J connectivity index is 2.25. The average molecular weight is 366 g/mol. The van der Waals surface area contributed by atoms with E-state index in [1.54, 1.807) is 0 Å². The average Bonchev–Trinajstić information content (AvgIpc) is 3.26. The van der Waals surface area contributed by atoms with Crippen molar-refractivity contribution in [2.45, 2.75) is 36.2 Å². The second-order valence-electron chi connectivity index (χ2n) is 4.98. The number of hydrogen-bond acceptors (Lipinski definition) is 2. The molecular weight excluding hydrogens is 359 g/mol. The van der Waals surface area contributed by atoms with Gasteiger partial charge >= 0.3 is 23.9 Å². The number of carbonyl (C=O) groups excluding carboxylic acids is 1. The Labute approximate surface area is 128 Å². The fraction of sp³-hybridized carbons (Fsp3) is 0.462. The summed E-state index contributed by atoms with van der Waals surface area (Å²) in [6.07, 6.45) is -12.2. The van der Waals surface area contributed by atoms with E-state index < -0.39 is 41.9 Å². The largest absolute Gasteiger partial charge is 0.460 e. The molecule has 0 aromatic heterocycles. The number of alkyl halides is 9. The fourth-order valence-corrected chi connectivity index (χ4v) is 1.92. The zero-order chi connectivity index (χ0) is 18.6. The first-order chi connectivity index (χ1) is 10.7. The molecule has 0 bridgehead atoms. The molecule has 134 valence electrons. The molecule has 0 unspecified atom stereocenters. The Hall–Kier alpha value is -1.78. The molecule has 2 rings (SSSR count). The second kappa shape index (κ2) is 5.36. The Kier molecular flexibility index (Phi) is 4.15. The molecule has 0 radical (unpaired) electrons. The lowest BCUT2D eigenvalue weighted by Crippen LogP contribution is -2.63. The van der Waals surface area contributed by atoms with Crippen molar-refractivity contribution < 1.29 is 49.0 Å². The van der Waals surface area contributed by atoms with Crippen molar-refractivity contribution >= 4 is 5.78 Å². The molecule has 0 amide bonds. The van der Waals surface area contributed by atoms with E-state index >= 15 is 0 Å². The second-order valence-corrected chi connectivity index (χ2v) is 4.98. The number of ether oxygens (including phenoxy) is 1. The summed E-state index contributed by atoms with van der Waals surface area (Å²) in [5, 5.41) is 0. The highest BCUT2D eigenvalue weighted by Crippen LogP contribution is 2.57. The maximum absolute atomic E-state index is 13.5. The van der Waals surface area contributed by atoms with Gasteiger partial charge in [0.05, 0.1) is 0 Å². The third-order valence-corrected chi connectivity index (χ3v) is 3.33. The molecule has 11 heteroatoms. The third kappa shape index (κ3) is 2.64. The van der Waals surface area contributed by atoms with Crippen molar-refractivity contribution in [2.75, 3.05) is 0 Å². The Morgan fingerprint density at radius 2 is 1.33 bits per heavy atom. The summed E-state index contributed by atoms with van der Waals surface area (Å²) in [4.78, 5) is 11.7. The maximum Gasteiger partial charge on any atom is 0.460 e. The van der Waals surface area contributed by atoms with Crippen LogP contribution in [0.5, 0.6) is 0 Å². The van der Waals surface area contributed by atoms with Gasteiger partial charge in [-0.05, 0) is 0 Å². The van der Waals surface area contributed by atoms with Crippen LogP contribution in [0.3, 0.4) is 0 Å². The van der Waals surface area contributed by atoms with Crippen LogP contribution < -0.4 is 0 Å². The van der Waals surface area contributed by atoms with Gasteiger partial charge in [-0.15, -0.1) is 0 Å². The molecule has 1 aliphatic heterocycles. The van der Waals surface area contributed by atoms with Gasteiger partial charge in [-0.1, -0.05) is 30.3 Å². The van der Waals surface area contributed by atoms with Gasteiger partial charge in [0, 0.05) is 5.56 Å². The summed E-state index contributed by atoms with van der Waals surface area (Å²) in [5.74, 6) is -20.9. The molecule has 2 nitrogen and oxygen atoms in total. The first kappa shape index (κ1) is 18.6. The predicted molar refractivity (Wildman–Crippen MR) is 60.3 cm³/mol. The molecule has 0 saturated carbocycles. The standard InChI is InChI=1S/C13H7F9O2/c14-10(15,11(16,17)12(18,19)13(20,21)22)9-8(24-9)7(23)6-4-2-1-3-5-6/h1-5,8-9H/t8-,9+/m0/s1. The lowest BCUT2D eigenvalue weighted by atomic mass is 9.97. The van der Waals surface area contributed by atoms with E-state index in [9.17, 15) is 44.3 Å². The summed E-state index contributed by atoms with van der Waals surface area (Å²) in [5.41, 5.74) is -0.244. The molecule has 2 atom stereocenters. The van der Waals surface area contributed by atoms with Crippen LogP contribution in [0.4, 0.5) is 39.5 Å². The normalized spacial score (nSPS) is 22.4. The summed E-state index contributed by atoms with van der Waals surface area (Å²) in [6, 6.07) is 6.27. The highest BCUT2D eigenvalue weighted by Gasteiger charge is 2.86. The molecule has 0 aliphatic carbocycles. The van der Waals surface area contributed by atoms with E-state index in [-0.39, 0.29) is 5.56 Å². The number of ketones is 1. The van der Waals surface area contributed by atoms with E-state index in [0.717, 1.165) is 12.1 Å². The minimum Gasteiger partial charge on any atom is -0.354 e. The first-order valence-corrected chi connectivity index (χ1v) is 6.20. The highest BCUT2D eigenvalue weighted by molar-refractivity contribution is 6.01. The van der Waals surface area contributed by atoms with Crippen LogP contribution in [-0.2, 0) is 4.74 Å². The number of halogens is 9. The number of carbonyl (C=O) groups is 1. The van der Waals surface area contributed by atoms with Crippen LogP contribution in [0, 0.1) is 0 Å². The van der Waals surface area contributed by atoms with Crippen LogP contribution in [0.1, 0.15) is 10.4 Å². The Bertz CT molecular complexity index is 624. The van der Waals surface area contributed by atoms with Gasteiger partial charge < -0.3 is 4.74 Å². The van der Waals surface area contributed by atoms with Crippen LogP contribution in [0.2, 0.25) is 0 Å². The number of rotatable bonds is 5. The highest BCUT2D eigenvalue weighted by atomic mass is 19.4. The minimum absolute atomic E-state index is 0.244. The summed E-state index contributed by atoms with van der Waals surface area (Å²) >= 11 is 0. The zero-order valence-electron chi connectivity index (χ0n) is 11.3. The molecule has 1 fully saturated rings. The molecule has 1 saturated heterocycles. The molecule has 0 N–H and O–H groups in total. The molecular formula is C13H7F9O2. The topological polar surface area (TPSA) is 29.6 Å². The van der Waals surface area contributed by atoms with Crippen molar-refractivity contribution in [3.05, 3.63) is 35.9 Å². The van der Waals surface area contributed by atoms with Crippen LogP contribution in [0.25, 0.3) is 0 Å². The number of Topliss-reactive ketones (excluding diaryl/α,β-unsaturated/α-hetero) is 1. The molecule has 1 aliphatic rings. The van der Waals surface area contributed by atoms with Gasteiger partial charge in [-0.25, -0.2) is 0 Å². The molecule has 1 aromatic rings. The molecule has 24 heavy (non-hydrogen) atoms. The fourth-order valence-electron chi connectivity index (χ4n) is 1.92. The minimum atomic E-state index is -7.00. The first-order valence-electron chi connectivity index (χ1n) is 6.20. The van der Waals surface area contributed by atoms with E-state index in [2.05, 4.69) is 4.74 Å². The molecule has 1 aromatic carbocycles. The van der Waals surface area contributed by atoms with Gasteiger partial charge in [-0.3, -0.25) is 4.79 Å². The van der Waals surface area contributed by atoms with E-state index in [0.29, 0.717) is 0 Å². The van der Waals surface area contributed by atoms with Gasteiger partial charge in [0.1, 0.15) is 0 Å². The lowest BCUT2D eigenvalue weighted by molar-refractivity contribution is -0.397. The molecule has 1 heterocycles. The number of benzene rings is 1. The lowest BCUT2D eigenvalue weighted by Gasteiger charge is -2.32. The van der Waals surface area contributed by atoms with Gasteiger partial charge in [0.2, 0.25) is 0 Å². The SMILES string of the molecule is O=C(c1ccccc1)[C@@H]1O[C@H]1C(F)(F)C(F)(F)C(F)(F)C(F)(F)F. The monoisotopic (exact) mass is 366 g/mol. The summed E-state index contributed by atoms with van der Waals surface area (Å²) in [7, 11) is 0. The maximum atomic E-state index is 13.5. The van der Waals surface area contributed by atoms with E-state index in [1.807, 2.05) is 0 Å². The Morgan fingerprint density at radius 3 is 1.79 bits per heavy atom. The van der Waals surface area contributed by atoms with Crippen molar-refractivity contribution in [3.8, 4) is 0 Å². The number of hydrogen-bond donors (Lipinski definition) is 0. The Morgan fingerprint density at radius 1 is 0.833 bits per heavy atom. The smallest absolute Gasteiger partial charge is 0.354 e. The van der Waals surface area contributed by atoms with Crippen molar-refractivity contribution in [1.29, 1.82) is 0 Å². The van der Waals surface area contributed by atoms with Crippen molar-refractivity contribution in [3.63, 3.8) is 0 Å². The summed E-state index contributed by atoms with van der Waals surface area (Å²) in [6.45, 7) is 0. The quantitative estimate of drug-likeness (QED) is 0.446. The van der Waals surface area contributed by atoms with Gasteiger partial charge in [-0.2, -0.15) is 39.5 Å². The summed E-state index contributed by atoms with van der Waals surface area (Å²) < 4.78 is 119. The van der Waals surface area contributed by atoms with E-state index in [1.165, 1.54) is 18.2 Å². The van der Waals surface area contributed by atoms with Crippen molar-refractivity contribution in [2.24, 2.45) is 0 Å². The van der Waals surface area contributed by atoms with Gasteiger partial charge in [0.15, 0.2) is 18.0 Å². The van der Waals surface area contributed by atoms with Crippen molar-refractivity contribution in [1.82, 2.24) is 0 Å². The molecule has 0 spiro atoms.